The van der Waals surface area contributed by atoms with Gasteiger partial charge in [-0.1, -0.05) is 13.8 Å². The van der Waals surface area contributed by atoms with Gasteiger partial charge in [-0.15, -0.1) is 0 Å². The summed E-state index contributed by atoms with van der Waals surface area (Å²) in [6.07, 6.45) is 1.90. The van der Waals surface area contributed by atoms with E-state index in [1.165, 1.54) is 0 Å². The number of aliphatic hydroxyl groups is 5. The molecule has 0 bridgehead atoms. The molecule has 306 valence electrons. The standard InChI is InChI=1S/C41H64O13/c1-20-36(46)29(42)16-34(49-20)53-38-22(3)51-35(18-31(38)44)54-37-21(2)50-33(17-30(37)43)52-25-8-11-39(4)24(15-25)6-7-28-27(39)9-12-40(5)26(10-13-41(28,40)47)23-14-32(45)48-19-23/h14,20-22,24-31,33-38,42-44,46-47H,6-13,15-19H2,1-5H3/t20-,21+,22+,24+,25+,26-,27-,28+,29+,30+,31+,33-,34+,35-,36+,37-,38-,39+,40+,41+/m0/s1. The van der Waals surface area contributed by atoms with Crippen LogP contribution in [-0.2, 0) is 38.0 Å². The number of cyclic esters (lactones) is 1. The summed E-state index contributed by atoms with van der Waals surface area (Å²) in [7, 11) is 0. The lowest BCUT2D eigenvalue weighted by Crippen LogP contribution is -2.62. The van der Waals surface area contributed by atoms with E-state index in [-0.39, 0.29) is 54.0 Å². The van der Waals surface area contributed by atoms with E-state index in [0.29, 0.717) is 18.4 Å². The highest BCUT2D eigenvalue weighted by atomic mass is 16.7. The van der Waals surface area contributed by atoms with Crippen LogP contribution >= 0.6 is 0 Å². The van der Waals surface area contributed by atoms with Crippen LogP contribution < -0.4 is 0 Å². The summed E-state index contributed by atoms with van der Waals surface area (Å²) in [5, 5.41) is 55.0. The van der Waals surface area contributed by atoms with Gasteiger partial charge < -0.3 is 58.7 Å². The highest BCUT2D eigenvalue weighted by molar-refractivity contribution is 5.85. The Hall–Kier alpha value is -1.23. The third kappa shape index (κ3) is 6.82. The van der Waals surface area contributed by atoms with E-state index in [9.17, 15) is 30.3 Å². The van der Waals surface area contributed by atoms with Crippen LogP contribution in [-0.4, -0.2) is 124 Å². The average molecular weight is 765 g/mol. The number of hydrogen-bond acceptors (Lipinski definition) is 13. The molecule has 13 nitrogen and oxygen atoms in total. The fourth-order valence-corrected chi connectivity index (χ4v) is 12.8. The van der Waals surface area contributed by atoms with Crippen LogP contribution in [0.5, 0.6) is 0 Å². The summed E-state index contributed by atoms with van der Waals surface area (Å²) in [6, 6.07) is 0. The Morgan fingerprint density at radius 2 is 1.30 bits per heavy atom. The number of hydrogen-bond donors (Lipinski definition) is 5. The second-order valence-electron chi connectivity index (χ2n) is 18.7. The molecule has 0 aromatic carbocycles. The number of aliphatic hydroxyl groups excluding tert-OH is 4. The molecule has 8 aliphatic rings. The Morgan fingerprint density at radius 1 is 0.685 bits per heavy atom. The molecule has 8 rings (SSSR count). The molecule has 0 radical (unpaired) electrons. The van der Waals surface area contributed by atoms with E-state index >= 15 is 0 Å². The quantitative estimate of drug-likeness (QED) is 0.188. The summed E-state index contributed by atoms with van der Waals surface area (Å²) in [5.74, 6) is 1.13. The van der Waals surface area contributed by atoms with Crippen molar-refractivity contribution < 1.29 is 63.5 Å². The average Bonchev–Trinajstić information content (AvgIpc) is 3.66. The van der Waals surface area contributed by atoms with Crippen LogP contribution in [0.2, 0.25) is 0 Å². The Labute approximate surface area is 319 Å². The molecular weight excluding hydrogens is 700 g/mol. The van der Waals surface area contributed by atoms with Crippen molar-refractivity contribution in [1.29, 1.82) is 0 Å². The fourth-order valence-electron chi connectivity index (χ4n) is 12.8. The van der Waals surface area contributed by atoms with Crippen LogP contribution in [0.1, 0.15) is 112 Å². The number of carbonyl (C=O) groups is 1. The molecule has 0 spiro atoms. The second-order valence-corrected chi connectivity index (χ2v) is 18.7. The van der Waals surface area contributed by atoms with Crippen LogP contribution in [0, 0.1) is 34.5 Å². The Morgan fingerprint density at radius 3 is 1.89 bits per heavy atom. The van der Waals surface area contributed by atoms with Crippen molar-refractivity contribution in [3.05, 3.63) is 11.6 Å². The fraction of sp³-hybridized carbons (Fsp3) is 0.927. The maximum atomic E-state index is 12.6. The predicted molar refractivity (Wildman–Crippen MR) is 191 cm³/mol. The van der Waals surface area contributed by atoms with Gasteiger partial charge in [0.2, 0.25) is 0 Å². The molecule has 20 atom stereocenters. The van der Waals surface area contributed by atoms with Gasteiger partial charge in [0.1, 0.15) is 24.9 Å². The molecule has 3 saturated heterocycles. The molecule has 54 heavy (non-hydrogen) atoms. The molecule has 4 saturated carbocycles. The van der Waals surface area contributed by atoms with Gasteiger partial charge in [0.05, 0.1) is 48.3 Å². The van der Waals surface area contributed by atoms with Gasteiger partial charge in [-0.3, -0.25) is 0 Å². The molecule has 0 aromatic heterocycles. The van der Waals surface area contributed by atoms with Crippen LogP contribution in [0.25, 0.3) is 0 Å². The molecule has 4 aliphatic heterocycles. The van der Waals surface area contributed by atoms with E-state index in [4.69, 9.17) is 33.2 Å². The molecule has 7 fully saturated rings. The molecule has 4 heterocycles. The third-order valence-corrected chi connectivity index (χ3v) is 15.9. The molecule has 0 amide bonds. The summed E-state index contributed by atoms with van der Waals surface area (Å²) in [5.41, 5.74) is 0.215. The van der Waals surface area contributed by atoms with Gasteiger partial charge in [-0.05, 0) is 113 Å². The lowest BCUT2D eigenvalue weighted by Gasteiger charge is -2.64. The summed E-state index contributed by atoms with van der Waals surface area (Å²) < 4.78 is 42.2. The zero-order chi connectivity index (χ0) is 38.3. The van der Waals surface area contributed by atoms with Crippen molar-refractivity contribution in [2.45, 2.75) is 197 Å². The number of fused-ring (bicyclic) bond motifs is 5. The number of esters is 1. The first-order valence-electron chi connectivity index (χ1n) is 20.8. The van der Waals surface area contributed by atoms with Crippen LogP contribution in [0.15, 0.2) is 11.6 Å². The minimum absolute atomic E-state index is 0.0243. The highest BCUT2D eigenvalue weighted by Crippen LogP contribution is 2.70. The summed E-state index contributed by atoms with van der Waals surface area (Å²) in [4.78, 5) is 11.9. The van der Waals surface area contributed by atoms with Gasteiger partial charge in [0.15, 0.2) is 18.9 Å². The first kappa shape index (κ1) is 39.6. The largest absolute Gasteiger partial charge is 0.458 e. The first-order chi connectivity index (χ1) is 25.6. The highest BCUT2D eigenvalue weighted by Gasteiger charge is 2.68. The zero-order valence-electron chi connectivity index (χ0n) is 32.6. The molecular formula is C41H64O13. The molecule has 0 aromatic rings. The van der Waals surface area contributed by atoms with Crippen molar-refractivity contribution >= 4 is 5.97 Å². The summed E-state index contributed by atoms with van der Waals surface area (Å²) in [6.45, 7) is 10.4. The van der Waals surface area contributed by atoms with E-state index in [1.807, 2.05) is 6.92 Å². The number of ether oxygens (including phenoxy) is 7. The summed E-state index contributed by atoms with van der Waals surface area (Å²) >= 11 is 0. The monoisotopic (exact) mass is 764 g/mol. The molecule has 0 unspecified atom stereocenters. The minimum atomic E-state index is -0.996. The smallest absolute Gasteiger partial charge is 0.331 e. The van der Waals surface area contributed by atoms with E-state index in [1.54, 1.807) is 19.9 Å². The van der Waals surface area contributed by atoms with E-state index in [2.05, 4.69) is 13.8 Å². The molecule has 4 aliphatic carbocycles. The van der Waals surface area contributed by atoms with E-state index < -0.39 is 79.4 Å². The topological polar surface area (TPSA) is 183 Å². The van der Waals surface area contributed by atoms with Crippen molar-refractivity contribution in [3.63, 3.8) is 0 Å². The molecule has 13 heteroatoms. The number of rotatable bonds is 7. The van der Waals surface area contributed by atoms with Gasteiger partial charge in [0, 0.05) is 30.8 Å². The molecule has 5 N–H and O–H groups in total. The van der Waals surface area contributed by atoms with Crippen LogP contribution in [0.4, 0.5) is 0 Å². The van der Waals surface area contributed by atoms with E-state index in [0.717, 1.165) is 63.4 Å². The lowest BCUT2D eigenvalue weighted by molar-refractivity contribution is -0.336. The Kier molecular flexibility index (Phi) is 10.9. The van der Waals surface area contributed by atoms with Gasteiger partial charge in [-0.2, -0.15) is 0 Å². The second kappa shape index (κ2) is 14.9. The SMILES string of the molecule is C[C@@H]1O[C@H](O[C@@H]2[C@H](O)C[C@H](O[C@@H]3[C@H](O)C[C@H](O[C@@H]4CC[C@]5(C)[C@H](CC[C@@H]6[C@@H]5CC[C@]5(C)[C@H](C7=CC(=O)OC7)CC[C@@]65O)C4)O[C@@H]3C)O[C@@H]2C)C[C@@H](O)[C@@H]1O. The van der Waals surface area contributed by atoms with Crippen molar-refractivity contribution in [2.24, 2.45) is 34.5 Å². The third-order valence-electron chi connectivity index (χ3n) is 15.9. The van der Waals surface area contributed by atoms with Gasteiger partial charge in [-0.25, -0.2) is 4.79 Å². The normalized spacial score (nSPS) is 55.0. The van der Waals surface area contributed by atoms with Crippen molar-refractivity contribution in [1.82, 2.24) is 0 Å². The Bertz CT molecular complexity index is 1370. The predicted octanol–water partition coefficient (Wildman–Crippen LogP) is 3.25. The Balaban J connectivity index is 0.826. The van der Waals surface area contributed by atoms with Gasteiger partial charge >= 0.3 is 5.97 Å². The van der Waals surface area contributed by atoms with Crippen molar-refractivity contribution in [2.75, 3.05) is 6.61 Å². The minimum Gasteiger partial charge on any atom is -0.458 e. The van der Waals surface area contributed by atoms with Gasteiger partial charge in [0.25, 0.3) is 0 Å². The maximum Gasteiger partial charge on any atom is 0.331 e. The number of carbonyl (C=O) groups excluding carboxylic acids is 1. The lowest BCUT2D eigenvalue weighted by atomic mass is 9.43. The maximum absolute atomic E-state index is 12.6. The van der Waals surface area contributed by atoms with Crippen molar-refractivity contribution in [3.8, 4) is 0 Å². The first-order valence-corrected chi connectivity index (χ1v) is 20.8. The van der Waals surface area contributed by atoms with Crippen LogP contribution in [0.3, 0.4) is 0 Å². The zero-order valence-corrected chi connectivity index (χ0v) is 32.6.